The van der Waals surface area contributed by atoms with Crippen molar-refractivity contribution in [3.63, 3.8) is 0 Å². The second kappa shape index (κ2) is 10.1. The molecule has 11 heteroatoms. The van der Waals surface area contributed by atoms with Crippen molar-refractivity contribution >= 4 is 5.97 Å². The van der Waals surface area contributed by atoms with Crippen molar-refractivity contribution in [3.8, 4) is 0 Å². The number of alkyl halides is 6. The molecule has 1 aliphatic heterocycles. The van der Waals surface area contributed by atoms with Gasteiger partial charge in [0.05, 0.1) is 23.3 Å². The molecule has 1 saturated heterocycles. The highest BCUT2D eigenvalue weighted by Gasteiger charge is 2.46. The first-order valence-corrected chi connectivity index (χ1v) is 11.0. The van der Waals surface area contributed by atoms with Crippen LogP contribution >= 0.6 is 0 Å². The van der Waals surface area contributed by atoms with Crippen LogP contribution < -0.4 is 0 Å². The molecule has 0 spiro atoms. The summed E-state index contributed by atoms with van der Waals surface area (Å²) in [5.74, 6) is -2.02. The largest absolute Gasteiger partial charge is 0.433 e. The third kappa shape index (κ3) is 5.94. The molecule has 0 radical (unpaired) electrons. The molecular weight excluding hydrogens is 507 g/mol. The lowest BCUT2D eigenvalue weighted by atomic mass is 9.98. The topological polar surface area (TPSA) is 38.8 Å². The van der Waals surface area contributed by atoms with Gasteiger partial charge in [0.15, 0.2) is 0 Å². The summed E-state index contributed by atoms with van der Waals surface area (Å²) >= 11 is 0. The Labute approximate surface area is 207 Å². The fourth-order valence-electron chi connectivity index (χ4n) is 4.08. The predicted octanol–water partition coefficient (Wildman–Crippen LogP) is 6.41. The predicted molar refractivity (Wildman–Crippen MR) is 118 cm³/mol. The zero-order valence-corrected chi connectivity index (χ0v) is 19.1. The Kier molecular flexibility index (Phi) is 7.29. The van der Waals surface area contributed by atoms with E-state index in [9.17, 15) is 35.5 Å². The molecule has 1 unspecified atom stereocenters. The minimum atomic E-state index is -5.14. The number of rotatable bonds is 5. The fourth-order valence-corrected chi connectivity index (χ4v) is 4.08. The summed E-state index contributed by atoms with van der Waals surface area (Å²) in [7, 11) is 0. The average Bonchev–Trinajstić information content (AvgIpc) is 2.85. The first-order valence-electron chi connectivity index (χ1n) is 11.0. The molecule has 1 heterocycles. The number of ether oxygens (including phenoxy) is 2. The van der Waals surface area contributed by atoms with Crippen LogP contribution in [0.15, 0.2) is 72.8 Å². The van der Waals surface area contributed by atoms with Gasteiger partial charge < -0.3 is 9.47 Å². The van der Waals surface area contributed by atoms with Crippen molar-refractivity contribution < 1.29 is 45.0 Å². The number of nitrogens with zero attached hydrogens (tertiary/aromatic N) is 1. The molecule has 1 aliphatic rings. The van der Waals surface area contributed by atoms with Crippen LogP contribution in [0.1, 0.15) is 32.6 Å². The molecule has 3 aromatic carbocycles. The Balaban J connectivity index is 1.79. The Hall–Kier alpha value is -3.44. The summed E-state index contributed by atoms with van der Waals surface area (Å²) in [6.07, 6.45) is -10.3. The number of carbonyl (C=O) groups is 1. The quantitative estimate of drug-likeness (QED) is 0.284. The average molecular weight is 527 g/mol. The maximum Gasteiger partial charge on any atom is 0.416 e. The molecule has 3 aromatic rings. The maximum atomic E-state index is 13.7. The summed E-state index contributed by atoms with van der Waals surface area (Å²) in [5, 5.41) is 0. The third-order valence-electron chi connectivity index (χ3n) is 5.91. The second-order valence-corrected chi connectivity index (χ2v) is 8.44. The molecule has 1 atom stereocenters. The maximum absolute atomic E-state index is 13.7. The van der Waals surface area contributed by atoms with Crippen LogP contribution in [0.4, 0.5) is 30.7 Å². The highest BCUT2D eigenvalue weighted by Crippen LogP contribution is 2.39. The lowest BCUT2D eigenvalue weighted by molar-refractivity contribution is -0.202. The van der Waals surface area contributed by atoms with Gasteiger partial charge in [-0.2, -0.15) is 26.3 Å². The molecule has 0 N–H and O–H groups in total. The monoisotopic (exact) mass is 527 g/mol. The van der Waals surface area contributed by atoms with Gasteiger partial charge >= 0.3 is 18.3 Å². The molecule has 0 aromatic heterocycles. The number of benzene rings is 3. The number of hydrogen-bond acceptors (Lipinski definition) is 4. The lowest BCUT2D eigenvalue weighted by Crippen LogP contribution is -2.56. The Morgan fingerprint density at radius 2 is 1.49 bits per heavy atom. The molecule has 0 amide bonds. The first-order chi connectivity index (χ1) is 17.4. The smallest absolute Gasteiger partial charge is 0.416 e. The van der Waals surface area contributed by atoms with Gasteiger partial charge in [0, 0.05) is 18.7 Å². The number of hydrogen-bond donors (Lipinski definition) is 0. The summed E-state index contributed by atoms with van der Waals surface area (Å²) in [6, 6.07) is 14.3. The minimum Gasteiger partial charge on any atom is -0.433 e. The van der Waals surface area contributed by atoms with E-state index in [1.165, 1.54) is 12.1 Å². The highest BCUT2D eigenvalue weighted by molar-refractivity contribution is 5.90. The van der Waals surface area contributed by atoms with E-state index in [0.717, 1.165) is 17.7 Å². The van der Waals surface area contributed by atoms with E-state index in [1.54, 1.807) is 35.2 Å². The zero-order chi connectivity index (χ0) is 26.8. The molecule has 0 bridgehead atoms. The summed E-state index contributed by atoms with van der Waals surface area (Å²) in [5.41, 5.74) is -4.96. The van der Waals surface area contributed by atoms with Crippen LogP contribution in [0.2, 0.25) is 0 Å². The van der Waals surface area contributed by atoms with Crippen molar-refractivity contribution in [1.29, 1.82) is 0 Å². The molecule has 0 saturated carbocycles. The van der Waals surface area contributed by atoms with Crippen molar-refractivity contribution in [2.75, 3.05) is 19.8 Å². The third-order valence-corrected chi connectivity index (χ3v) is 5.91. The van der Waals surface area contributed by atoms with Crippen molar-refractivity contribution in [1.82, 2.24) is 4.90 Å². The van der Waals surface area contributed by atoms with E-state index in [1.807, 2.05) is 0 Å². The fraction of sp³-hybridized carbons (Fsp3) is 0.269. The van der Waals surface area contributed by atoms with E-state index in [0.29, 0.717) is 12.1 Å². The molecule has 4 nitrogen and oxygen atoms in total. The van der Waals surface area contributed by atoms with Crippen LogP contribution in [0.3, 0.4) is 0 Å². The summed E-state index contributed by atoms with van der Waals surface area (Å²) in [4.78, 5) is 14.9. The van der Waals surface area contributed by atoms with Crippen molar-refractivity contribution in [2.45, 2.75) is 24.6 Å². The van der Waals surface area contributed by atoms with Gasteiger partial charge in [-0.05, 0) is 35.9 Å². The standard InChI is InChI=1S/C26H20F7NO3/c27-22-8-6-19(7-9-22)24(16-36-11-10-34(24)15-17-4-2-1-3-5-17)37-23(35)18-12-20(25(28,29)30)14-21(13-18)26(31,32)33/h1-9,12-14H,10-11,15-16H2. The van der Waals surface area contributed by atoms with Crippen molar-refractivity contribution in [3.05, 3.63) is 106 Å². The van der Waals surface area contributed by atoms with Gasteiger partial charge in [0.2, 0.25) is 5.72 Å². The number of carbonyl (C=O) groups excluding carboxylic acids is 1. The second-order valence-electron chi connectivity index (χ2n) is 8.44. The van der Waals surface area contributed by atoms with Crippen LogP contribution in [0, 0.1) is 5.82 Å². The van der Waals surface area contributed by atoms with E-state index in [2.05, 4.69) is 0 Å². The van der Waals surface area contributed by atoms with Crippen LogP contribution in [0.25, 0.3) is 0 Å². The number of esters is 1. The van der Waals surface area contributed by atoms with Crippen molar-refractivity contribution in [2.24, 2.45) is 0 Å². The lowest BCUT2D eigenvalue weighted by Gasteiger charge is -2.46. The van der Waals surface area contributed by atoms with Gasteiger partial charge in [0.1, 0.15) is 12.4 Å². The number of morpholine rings is 1. The normalized spacial score (nSPS) is 19.0. The minimum absolute atomic E-state index is 0.0715. The Bertz CT molecular complexity index is 1210. The van der Waals surface area contributed by atoms with Gasteiger partial charge in [0.25, 0.3) is 0 Å². The van der Waals surface area contributed by atoms with Crippen LogP contribution in [0.5, 0.6) is 0 Å². The first kappa shape index (κ1) is 26.6. The summed E-state index contributed by atoms with van der Waals surface area (Å²) < 4.78 is 105. The van der Waals surface area contributed by atoms with Crippen LogP contribution in [-0.4, -0.2) is 30.6 Å². The summed E-state index contributed by atoms with van der Waals surface area (Å²) in [6.45, 7) is 0.332. The van der Waals surface area contributed by atoms with E-state index < -0.39 is 46.6 Å². The molecule has 37 heavy (non-hydrogen) atoms. The van der Waals surface area contributed by atoms with Gasteiger partial charge in [-0.3, -0.25) is 4.90 Å². The SMILES string of the molecule is O=C(OC1(c2ccc(F)cc2)COCCN1Cc1ccccc1)c1cc(C(F)(F)F)cc(C(F)(F)F)c1. The zero-order valence-electron chi connectivity index (χ0n) is 19.1. The Morgan fingerprint density at radius 3 is 2.05 bits per heavy atom. The van der Waals surface area contributed by atoms with E-state index >= 15 is 0 Å². The molecule has 1 fully saturated rings. The highest BCUT2D eigenvalue weighted by atomic mass is 19.4. The Morgan fingerprint density at radius 1 is 0.892 bits per heavy atom. The van der Waals surface area contributed by atoms with E-state index in [-0.39, 0.29) is 37.9 Å². The van der Waals surface area contributed by atoms with Gasteiger partial charge in [-0.25, -0.2) is 9.18 Å². The molecular formula is C26H20F7NO3. The molecule has 4 rings (SSSR count). The van der Waals surface area contributed by atoms with Crippen LogP contribution in [-0.2, 0) is 34.1 Å². The number of halogens is 7. The van der Waals surface area contributed by atoms with Gasteiger partial charge in [-0.1, -0.05) is 42.5 Å². The van der Waals surface area contributed by atoms with Gasteiger partial charge in [-0.15, -0.1) is 0 Å². The van der Waals surface area contributed by atoms with E-state index in [4.69, 9.17) is 9.47 Å². The molecule has 0 aliphatic carbocycles. The molecule has 196 valence electrons.